The molecule has 0 aromatic heterocycles. The Hall–Kier alpha value is -2.08. The number of hydrogen-bond acceptors (Lipinski definition) is 0. The molecule has 2 aromatic carbocycles. The molecule has 1 aliphatic rings. The van der Waals surface area contributed by atoms with Crippen LogP contribution in [0.5, 0.6) is 0 Å². The van der Waals surface area contributed by atoms with E-state index in [2.05, 4.69) is 72.8 Å². The van der Waals surface area contributed by atoms with Crippen LogP contribution < -0.4 is 0 Å². The number of allylic oxidation sites excluding steroid dienone is 4. The molecule has 3 rings (SSSR count). The van der Waals surface area contributed by atoms with Crippen molar-refractivity contribution in [3.8, 4) is 0 Å². The molecule has 0 aliphatic heterocycles. The van der Waals surface area contributed by atoms with Gasteiger partial charge in [0.05, 0.1) is 0 Å². The van der Waals surface area contributed by atoms with Crippen molar-refractivity contribution in [1.29, 1.82) is 0 Å². The molecule has 0 spiro atoms. The number of hydrogen-bond donors (Lipinski definition) is 0. The molecule has 0 unspecified atom stereocenters. The van der Waals surface area contributed by atoms with Crippen molar-refractivity contribution in [2.24, 2.45) is 0 Å². The SMILES string of the molecule is C1=C(c2ccccc2)CC(c2ccccc2)=C1.CC.CC. The molecule has 0 N–H and O–H groups in total. The first kappa shape index (κ1) is 17.0. The van der Waals surface area contributed by atoms with Gasteiger partial charge in [-0.1, -0.05) is 101 Å². The predicted octanol–water partition coefficient (Wildman–Crippen LogP) is 6.61. The van der Waals surface area contributed by atoms with Gasteiger partial charge in [-0.2, -0.15) is 0 Å². The molecule has 21 heavy (non-hydrogen) atoms. The zero-order chi connectivity index (χ0) is 15.5. The Morgan fingerprint density at radius 1 is 0.524 bits per heavy atom. The van der Waals surface area contributed by atoms with Crippen LogP contribution in [0.4, 0.5) is 0 Å². The highest BCUT2D eigenvalue weighted by molar-refractivity contribution is 5.86. The molecule has 0 heteroatoms. The second kappa shape index (κ2) is 9.77. The molecule has 0 atom stereocenters. The van der Waals surface area contributed by atoms with E-state index in [0.717, 1.165) is 6.42 Å². The minimum Gasteiger partial charge on any atom is -0.0683 e. The van der Waals surface area contributed by atoms with E-state index in [1.807, 2.05) is 27.7 Å². The summed E-state index contributed by atoms with van der Waals surface area (Å²) in [4.78, 5) is 0. The van der Waals surface area contributed by atoms with Crippen LogP contribution in [0.2, 0.25) is 0 Å². The first-order chi connectivity index (χ1) is 10.4. The molecule has 0 nitrogen and oxygen atoms in total. The maximum Gasteiger partial charge on any atom is -0.00139 e. The fraction of sp³-hybridized carbons (Fsp3) is 0.238. The fourth-order valence-corrected chi connectivity index (χ4v) is 2.23. The van der Waals surface area contributed by atoms with Crippen LogP contribution in [0.15, 0.2) is 72.8 Å². The normalized spacial score (nSPS) is 12.2. The van der Waals surface area contributed by atoms with E-state index < -0.39 is 0 Å². The van der Waals surface area contributed by atoms with Crippen LogP contribution in [0.3, 0.4) is 0 Å². The van der Waals surface area contributed by atoms with Gasteiger partial charge in [0.25, 0.3) is 0 Å². The Labute approximate surface area is 129 Å². The molecule has 0 radical (unpaired) electrons. The van der Waals surface area contributed by atoms with E-state index >= 15 is 0 Å². The quantitative estimate of drug-likeness (QED) is 0.579. The molecular weight excluding hydrogens is 252 g/mol. The number of rotatable bonds is 2. The van der Waals surface area contributed by atoms with Gasteiger partial charge in [-0.15, -0.1) is 0 Å². The Morgan fingerprint density at radius 2 is 0.857 bits per heavy atom. The van der Waals surface area contributed by atoms with Crippen molar-refractivity contribution >= 4 is 11.1 Å². The first-order valence-electron chi connectivity index (χ1n) is 7.94. The second-order valence-electron chi connectivity index (χ2n) is 4.29. The molecule has 0 amide bonds. The predicted molar refractivity (Wildman–Crippen MR) is 96.2 cm³/mol. The monoisotopic (exact) mass is 278 g/mol. The van der Waals surface area contributed by atoms with Crippen molar-refractivity contribution in [3.05, 3.63) is 83.9 Å². The highest BCUT2D eigenvalue weighted by Gasteiger charge is 2.10. The van der Waals surface area contributed by atoms with Crippen molar-refractivity contribution in [2.75, 3.05) is 0 Å². The summed E-state index contributed by atoms with van der Waals surface area (Å²) in [5.74, 6) is 0. The Balaban J connectivity index is 0.000000510. The average Bonchev–Trinajstić information content (AvgIpc) is 3.10. The highest BCUT2D eigenvalue weighted by Crippen LogP contribution is 2.33. The summed E-state index contributed by atoms with van der Waals surface area (Å²) in [6, 6.07) is 21.2. The van der Waals surface area contributed by atoms with Gasteiger partial charge in [-0.05, 0) is 28.7 Å². The van der Waals surface area contributed by atoms with E-state index in [4.69, 9.17) is 0 Å². The lowest BCUT2D eigenvalue weighted by Gasteiger charge is -2.05. The maximum absolute atomic E-state index is 2.23. The largest absolute Gasteiger partial charge is 0.0683 e. The molecule has 0 saturated heterocycles. The molecule has 0 bridgehead atoms. The van der Waals surface area contributed by atoms with E-state index in [9.17, 15) is 0 Å². The van der Waals surface area contributed by atoms with Gasteiger partial charge in [0, 0.05) is 0 Å². The summed E-state index contributed by atoms with van der Waals surface area (Å²) in [6.07, 6.45) is 5.50. The fourth-order valence-electron chi connectivity index (χ4n) is 2.23. The smallest absolute Gasteiger partial charge is 0.00139 e. The van der Waals surface area contributed by atoms with Gasteiger partial charge >= 0.3 is 0 Å². The topological polar surface area (TPSA) is 0 Å². The lowest BCUT2D eigenvalue weighted by molar-refractivity contribution is 1.42. The van der Waals surface area contributed by atoms with Crippen molar-refractivity contribution in [1.82, 2.24) is 0 Å². The van der Waals surface area contributed by atoms with Crippen LogP contribution in [-0.4, -0.2) is 0 Å². The Bertz CT molecular complexity index is 506. The maximum atomic E-state index is 2.23. The Kier molecular flexibility index (Phi) is 7.89. The molecule has 0 fully saturated rings. The van der Waals surface area contributed by atoms with Crippen LogP contribution >= 0.6 is 0 Å². The highest BCUT2D eigenvalue weighted by atomic mass is 14.1. The van der Waals surface area contributed by atoms with Gasteiger partial charge in [-0.3, -0.25) is 0 Å². The van der Waals surface area contributed by atoms with Gasteiger partial charge < -0.3 is 0 Å². The van der Waals surface area contributed by atoms with E-state index in [1.165, 1.54) is 22.3 Å². The summed E-state index contributed by atoms with van der Waals surface area (Å²) in [7, 11) is 0. The van der Waals surface area contributed by atoms with E-state index in [-0.39, 0.29) is 0 Å². The van der Waals surface area contributed by atoms with Gasteiger partial charge in [-0.25, -0.2) is 0 Å². The van der Waals surface area contributed by atoms with Crippen LogP contribution in [0, 0.1) is 0 Å². The molecular formula is C21H26. The minimum atomic E-state index is 1.04. The first-order valence-corrected chi connectivity index (χ1v) is 7.94. The van der Waals surface area contributed by atoms with Crippen LogP contribution in [-0.2, 0) is 0 Å². The average molecular weight is 278 g/mol. The third kappa shape index (κ3) is 4.75. The molecule has 0 heterocycles. The lowest BCUT2D eigenvalue weighted by atomic mass is 9.99. The van der Waals surface area contributed by atoms with E-state index in [0.29, 0.717) is 0 Å². The van der Waals surface area contributed by atoms with Crippen molar-refractivity contribution in [2.45, 2.75) is 34.1 Å². The summed E-state index contributed by atoms with van der Waals surface area (Å²) >= 11 is 0. The lowest BCUT2D eigenvalue weighted by Crippen LogP contribution is -1.84. The van der Waals surface area contributed by atoms with Gasteiger partial charge in [0.15, 0.2) is 0 Å². The second-order valence-corrected chi connectivity index (χ2v) is 4.29. The molecule has 110 valence electrons. The zero-order valence-corrected chi connectivity index (χ0v) is 13.6. The third-order valence-corrected chi connectivity index (χ3v) is 3.16. The molecule has 0 saturated carbocycles. The summed E-state index contributed by atoms with van der Waals surface area (Å²) < 4.78 is 0. The van der Waals surface area contributed by atoms with Crippen molar-refractivity contribution < 1.29 is 0 Å². The molecule has 1 aliphatic carbocycles. The van der Waals surface area contributed by atoms with Crippen LogP contribution in [0.1, 0.15) is 45.2 Å². The summed E-state index contributed by atoms with van der Waals surface area (Å²) in [5, 5.41) is 0. The van der Waals surface area contributed by atoms with Gasteiger partial charge in [0.1, 0.15) is 0 Å². The van der Waals surface area contributed by atoms with E-state index in [1.54, 1.807) is 0 Å². The van der Waals surface area contributed by atoms with Crippen LogP contribution in [0.25, 0.3) is 11.1 Å². The summed E-state index contributed by atoms with van der Waals surface area (Å²) in [5.41, 5.74) is 5.47. The Morgan fingerprint density at radius 3 is 1.19 bits per heavy atom. The van der Waals surface area contributed by atoms with Crippen molar-refractivity contribution in [3.63, 3.8) is 0 Å². The molecule has 2 aromatic rings. The minimum absolute atomic E-state index is 1.04. The van der Waals surface area contributed by atoms with Gasteiger partial charge in [0.2, 0.25) is 0 Å². The standard InChI is InChI=1S/C17H14.2C2H6/c1-3-7-14(8-4-1)16-11-12-17(13-16)15-9-5-2-6-10-15;2*1-2/h1-12H,13H2;2*1-2H3. The summed E-state index contributed by atoms with van der Waals surface area (Å²) in [6.45, 7) is 8.00. The number of benzene rings is 2. The third-order valence-electron chi connectivity index (χ3n) is 3.16. The zero-order valence-electron chi connectivity index (χ0n) is 13.6.